The summed E-state index contributed by atoms with van der Waals surface area (Å²) in [4.78, 5) is 50.6. The fourth-order valence-electron chi connectivity index (χ4n) is 4.51. The van der Waals surface area contributed by atoms with E-state index in [0.717, 1.165) is 30.8 Å². The van der Waals surface area contributed by atoms with E-state index in [2.05, 4.69) is 22.9 Å². The summed E-state index contributed by atoms with van der Waals surface area (Å²) in [5.41, 5.74) is 1.25. The number of benzene rings is 1. The second-order valence-corrected chi connectivity index (χ2v) is 8.12. The highest BCUT2D eigenvalue weighted by Gasteiger charge is 2.45. The maximum Gasteiger partial charge on any atom is 0.264 e. The van der Waals surface area contributed by atoms with Crippen LogP contribution in [0.2, 0.25) is 0 Å². The Morgan fingerprint density at radius 2 is 1.86 bits per heavy atom. The summed E-state index contributed by atoms with van der Waals surface area (Å²) < 4.78 is 0. The number of rotatable bonds is 5. The summed E-state index contributed by atoms with van der Waals surface area (Å²) >= 11 is 0. The number of carbonyl (C=O) groups excluding carboxylic acids is 4. The monoisotopic (exact) mass is 398 g/mol. The quantitative estimate of drug-likeness (QED) is 0.642. The van der Waals surface area contributed by atoms with Gasteiger partial charge in [-0.05, 0) is 56.3 Å². The number of amides is 4. The van der Waals surface area contributed by atoms with Crippen LogP contribution in [0.1, 0.15) is 53.3 Å². The van der Waals surface area contributed by atoms with Crippen LogP contribution in [0.5, 0.6) is 0 Å². The predicted molar refractivity (Wildman–Crippen MR) is 106 cm³/mol. The maximum atomic E-state index is 13.1. The zero-order chi connectivity index (χ0) is 20.5. The molecule has 2 atom stereocenters. The van der Waals surface area contributed by atoms with Crippen LogP contribution < -0.4 is 16.0 Å². The van der Waals surface area contributed by atoms with Crippen molar-refractivity contribution in [3.05, 3.63) is 29.3 Å². The van der Waals surface area contributed by atoms with Gasteiger partial charge in [-0.15, -0.1) is 0 Å². The predicted octanol–water partition coefficient (Wildman–Crippen LogP) is 1.14. The van der Waals surface area contributed by atoms with Gasteiger partial charge in [-0.3, -0.25) is 29.4 Å². The summed E-state index contributed by atoms with van der Waals surface area (Å²) in [5, 5.41) is 8.95. The molecule has 3 heterocycles. The Morgan fingerprint density at radius 1 is 1.10 bits per heavy atom. The summed E-state index contributed by atoms with van der Waals surface area (Å²) in [7, 11) is 0. The van der Waals surface area contributed by atoms with Gasteiger partial charge in [0.05, 0.1) is 11.1 Å². The van der Waals surface area contributed by atoms with Gasteiger partial charge in [-0.1, -0.05) is 13.0 Å². The maximum absolute atomic E-state index is 13.1. The number of nitrogens with zero attached hydrogens (tertiary/aromatic N) is 1. The van der Waals surface area contributed by atoms with E-state index in [4.69, 9.17) is 0 Å². The second-order valence-electron chi connectivity index (χ2n) is 8.12. The van der Waals surface area contributed by atoms with Crippen LogP contribution in [-0.2, 0) is 9.59 Å². The average molecular weight is 398 g/mol. The Bertz CT molecular complexity index is 862. The number of nitrogens with one attached hydrogen (secondary N) is 3. The molecule has 0 saturated carbocycles. The molecule has 3 N–H and O–H groups in total. The largest absolute Gasteiger partial charge is 0.384 e. The molecule has 0 radical (unpaired) electrons. The lowest BCUT2D eigenvalue weighted by Crippen LogP contribution is -2.54. The molecular formula is C21H26N4O4. The summed E-state index contributed by atoms with van der Waals surface area (Å²) in [6, 6.07) is 4.22. The first kappa shape index (κ1) is 19.6. The van der Waals surface area contributed by atoms with E-state index in [0.29, 0.717) is 35.2 Å². The number of hydrogen-bond donors (Lipinski definition) is 3. The van der Waals surface area contributed by atoms with E-state index in [1.165, 1.54) is 0 Å². The summed E-state index contributed by atoms with van der Waals surface area (Å²) in [6.45, 7) is 4.98. The molecule has 1 aromatic carbocycles. The molecule has 2 fully saturated rings. The van der Waals surface area contributed by atoms with Crippen molar-refractivity contribution in [2.75, 3.05) is 25.0 Å². The van der Waals surface area contributed by atoms with Crippen molar-refractivity contribution in [2.45, 2.75) is 38.6 Å². The first-order valence-electron chi connectivity index (χ1n) is 10.3. The molecule has 0 bridgehead atoms. The normalized spacial score (nSPS) is 23.8. The minimum Gasteiger partial charge on any atom is -0.384 e. The number of carbonyl (C=O) groups is 4. The average Bonchev–Trinajstić information content (AvgIpc) is 2.98. The molecule has 2 saturated heterocycles. The lowest BCUT2D eigenvalue weighted by molar-refractivity contribution is -0.136. The van der Waals surface area contributed by atoms with Gasteiger partial charge < -0.3 is 10.6 Å². The minimum absolute atomic E-state index is 0.114. The molecular weight excluding hydrogens is 372 g/mol. The molecule has 29 heavy (non-hydrogen) atoms. The van der Waals surface area contributed by atoms with E-state index >= 15 is 0 Å². The van der Waals surface area contributed by atoms with Gasteiger partial charge in [0.15, 0.2) is 0 Å². The van der Waals surface area contributed by atoms with Crippen molar-refractivity contribution in [1.29, 1.82) is 0 Å². The fraction of sp³-hybridized carbons (Fsp3) is 0.524. The molecule has 154 valence electrons. The second kappa shape index (κ2) is 7.94. The molecule has 8 heteroatoms. The Hall–Kier alpha value is -2.74. The van der Waals surface area contributed by atoms with Crippen molar-refractivity contribution in [2.24, 2.45) is 11.8 Å². The summed E-state index contributed by atoms with van der Waals surface area (Å²) in [6.07, 6.45) is 2.54. The number of piperidine rings is 2. The van der Waals surface area contributed by atoms with Gasteiger partial charge in [-0.25, -0.2) is 0 Å². The number of anilines is 1. The van der Waals surface area contributed by atoms with Gasteiger partial charge in [0, 0.05) is 18.7 Å². The van der Waals surface area contributed by atoms with E-state index in [-0.39, 0.29) is 18.7 Å². The molecule has 1 aromatic rings. The topological polar surface area (TPSA) is 108 Å². The molecule has 0 spiro atoms. The SMILES string of the molecule is C[C@H](CNc1cccc2c1C(=O)N(C1CCC(=O)NC1=O)C2=O)C1CCNCC1. The molecule has 1 unspecified atom stereocenters. The zero-order valence-corrected chi connectivity index (χ0v) is 16.5. The number of fused-ring (bicyclic) bond motifs is 1. The van der Waals surface area contributed by atoms with Gasteiger partial charge in [0.25, 0.3) is 11.8 Å². The van der Waals surface area contributed by atoms with E-state index < -0.39 is 23.8 Å². The number of imide groups is 2. The molecule has 3 aliphatic heterocycles. The zero-order valence-electron chi connectivity index (χ0n) is 16.5. The third kappa shape index (κ3) is 3.64. The van der Waals surface area contributed by atoms with Crippen LogP contribution in [0.3, 0.4) is 0 Å². The third-order valence-electron chi connectivity index (χ3n) is 6.27. The van der Waals surface area contributed by atoms with Gasteiger partial charge >= 0.3 is 0 Å². The third-order valence-corrected chi connectivity index (χ3v) is 6.27. The van der Waals surface area contributed by atoms with Crippen LogP contribution in [0.25, 0.3) is 0 Å². The minimum atomic E-state index is -0.943. The van der Waals surface area contributed by atoms with Crippen LogP contribution >= 0.6 is 0 Å². The smallest absolute Gasteiger partial charge is 0.264 e. The molecule has 0 aromatic heterocycles. The number of hydrogen-bond acceptors (Lipinski definition) is 6. The highest BCUT2D eigenvalue weighted by molar-refractivity contribution is 6.25. The fourth-order valence-corrected chi connectivity index (χ4v) is 4.51. The van der Waals surface area contributed by atoms with Crippen molar-refractivity contribution >= 4 is 29.3 Å². The Labute approximate surface area is 169 Å². The molecule has 3 aliphatic rings. The van der Waals surface area contributed by atoms with Crippen LogP contribution in [0, 0.1) is 11.8 Å². The Morgan fingerprint density at radius 3 is 2.59 bits per heavy atom. The first-order chi connectivity index (χ1) is 14.0. The van der Waals surface area contributed by atoms with Crippen molar-refractivity contribution in [3.63, 3.8) is 0 Å². The van der Waals surface area contributed by atoms with Crippen LogP contribution in [0.4, 0.5) is 5.69 Å². The van der Waals surface area contributed by atoms with Gasteiger partial charge in [0.2, 0.25) is 11.8 Å². The first-order valence-corrected chi connectivity index (χ1v) is 10.3. The standard InChI is InChI=1S/C21H26N4O4/c1-12(13-7-9-22-10-8-13)11-23-15-4-2-3-14-18(15)21(29)25(20(14)28)16-5-6-17(26)24-19(16)27/h2-4,12-13,16,22-23H,5-11H2,1H3,(H,24,26,27)/t12-,16?/m1/s1. The van der Waals surface area contributed by atoms with Crippen molar-refractivity contribution < 1.29 is 19.2 Å². The molecule has 0 aliphatic carbocycles. The highest BCUT2D eigenvalue weighted by atomic mass is 16.2. The van der Waals surface area contributed by atoms with Gasteiger partial charge in [-0.2, -0.15) is 0 Å². The molecule has 4 amide bonds. The van der Waals surface area contributed by atoms with E-state index in [1.54, 1.807) is 18.2 Å². The van der Waals surface area contributed by atoms with Crippen LogP contribution in [-0.4, -0.2) is 54.2 Å². The van der Waals surface area contributed by atoms with E-state index in [1.807, 2.05) is 0 Å². The van der Waals surface area contributed by atoms with Crippen molar-refractivity contribution in [3.8, 4) is 0 Å². The van der Waals surface area contributed by atoms with Gasteiger partial charge in [0.1, 0.15) is 6.04 Å². The van der Waals surface area contributed by atoms with Crippen LogP contribution in [0.15, 0.2) is 18.2 Å². The molecule has 4 rings (SSSR count). The molecule has 8 nitrogen and oxygen atoms in total. The van der Waals surface area contributed by atoms with Crippen molar-refractivity contribution in [1.82, 2.24) is 15.5 Å². The lowest BCUT2D eigenvalue weighted by atomic mass is 9.86. The lowest BCUT2D eigenvalue weighted by Gasteiger charge is -2.29. The summed E-state index contributed by atoms with van der Waals surface area (Å²) in [5.74, 6) is -0.863. The highest BCUT2D eigenvalue weighted by Crippen LogP contribution is 2.33. The van der Waals surface area contributed by atoms with E-state index in [9.17, 15) is 19.2 Å². The Balaban J connectivity index is 1.51. The Kier molecular flexibility index (Phi) is 5.36.